The van der Waals surface area contributed by atoms with Gasteiger partial charge in [-0.3, -0.25) is 9.89 Å². The van der Waals surface area contributed by atoms with E-state index < -0.39 is 0 Å². The molecular weight excluding hydrogens is 321 g/mol. The second-order valence-corrected chi connectivity index (χ2v) is 6.87. The molecule has 3 rings (SSSR count). The van der Waals surface area contributed by atoms with Gasteiger partial charge in [-0.05, 0) is 42.5 Å². The summed E-state index contributed by atoms with van der Waals surface area (Å²) in [5.41, 5.74) is 2.33. The number of nitrogens with zero attached hydrogens (tertiary/aromatic N) is 2. The monoisotopic (exact) mass is 345 g/mol. The van der Waals surface area contributed by atoms with Crippen molar-refractivity contribution in [1.29, 1.82) is 0 Å². The summed E-state index contributed by atoms with van der Waals surface area (Å²) < 4.78 is 18.9. The van der Waals surface area contributed by atoms with Crippen LogP contribution in [0.2, 0.25) is 0 Å². The fraction of sp³-hybridized carbons (Fsp3) is 0.474. The molecule has 134 valence electrons. The number of ether oxygens (including phenoxy) is 1. The number of carbonyl (C=O) groups is 1. The van der Waals surface area contributed by atoms with Gasteiger partial charge in [0.25, 0.3) is 5.91 Å². The van der Waals surface area contributed by atoms with E-state index in [1.54, 1.807) is 17.0 Å². The summed E-state index contributed by atoms with van der Waals surface area (Å²) in [7, 11) is 1.81. The van der Waals surface area contributed by atoms with E-state index in [0.29, 0.717) is 24.6 Å². The van der Waals surface area contributed by atoms with E-state index in [1.165, 1.54) is 12.1 Å². The zero-order chi connectivity index (χ0) is 18.0. The molecule has 25 heavy (non-hydrogen) atoms. The van der Waals surface area contributed by atoms with Crippen LogP contribution in [0.3, 0.4) is 0 Å². The molecule has 1 N–H and O–H groups in total. The van der Waals surface area contributed by atoms with Crippen LogP contribution >= 0.6 is 0 Å². The molecular formula is C19H24FN3O2. The number of hydrogen-bond acceptors (Lipinski definition) is 3. The normalized spacial score (nSPS) is 20.7. The van der Waals surface area contributed by atoms with Gasteiger partial charge in [0.2, 0.25) is 0 Å². The predicted molar refractivity (Wildman–Crippen MR) is 92.9 cm³/mol. The summed E-state index contributed by atoms with van der Waals surface area (Å²) in [6.07, 6.45) is 1.34. The molecule has 5 nitrogen and oxygen atoms in total. The van der Waals surface area contributed by atoms with Crippen LogP contribution in [0.5, 0.6) is 0 Å². The number of amides is 1. The number of hydrogen-bond donors (Lipinski definition) is 1. The van der Waals surface area contributed by atoms with Gasteiger partial charge in [-0.1, -0.05) is 26.0 Å². The highest BCUT2D eigenvalue weighted by molar-refractivity contribution is 5.92. The highest BCUT2D eigenvalue weighted by Gasteiger charge is 2.30. The standard InChI is InChI=1S/C19H24FN3O2/c1-12(2)16-11-17(22-21-16)19(24)23(3)15-8-9-25-18(10-15)13-4-6-14(20)7-5-13/h4-7,11-12,15,18H,8-10H2,1-3H3,(H,21,22)/t15-,18-/m1/s1. The number of benzene rings is 1. The molecule has 1 saturated heterocycles. The molecule has 1 amide bonds. The summed E-state index contributed by atoms with van der Waals surface area (Å²) >= 11 is 0. The largest absolute Gasteiger partial charge is 0.373 e. The van der Waals surface area contributed by atoms with E-state index in [-0.39, 0.29) is 23.9 Å². The van der Waals surface area contributed by atoms with Gasteiger partial charge in [0.1, 0.15) is 11.5 Å². The number of halogens is 1. The zero-order valence-corrected chi connectivity index (χ0v) is 14.8. The molecule has 0 bridgehead atoms. The third-order valence-corrected chi connectivity index (χ3v) is 4.80. The first-order chi connectivity index (χ1) is 12.0. The Morgan fingerprint density at radius 1 is 1.36 bits per heavy atom. The molecule has 0 saturated carbocycles. The van der Waals surface area contributed by atoms with E-state index in [4.69, 9.17) is 4.74 Å². The first-order valence-electron chi connectivity index (χ1n) is 8.65. The number of rotatable bonds is 4. The maximum Gasteiger partial charge on any atom is 0.274 e. The first kappa shape index (κ1) is 17.6. The lowest BCUT2D eigenvalue weighted by atomic mass is 9.96. The summed E-state index contributed by atoms with van der Waals surface area (Å²) in [4.78, 5) is 14.5. The van der Waals surface area contributed by atoms with Crippen molar-refractivity contribution >= 4 is 5.91 Å². The van der Waals surface area contributed by atoms with Crippen LogP contribution in [-0.4, -0.2) is 40.7 Å². The lowest BCUT2D eigenvalue weighted by molar-refractivity contribution is -0.0198. The Labute approximate surface area is 147 Å². The number of aromatic amines is 1. The second kappa shape index (κ2) is 7.35. The quantitative estimate of drug-likeness (QED) is 0.920. The Bertz CT molecular complexity index is 727. The zero-order valence-electron chi connectivity index (χ0n) is 14.8. The number of H-pyrrole nitrogens is 1. The van der Waals surface area contributed by atoms with Crippen LogP contribution in [0, 0.1) is 5.82 Å². The minimum absolute atomic E-state index is 0.0653. The molecule has 0 radical (unpaired) electrons. The molecule has 0 aliphatic carbocycles. The van der Waals surface area contributed by atoms with Crippen molar-refractivity contribution in [2.75, 3.05) is 13.7 Å². The molecule has 1 aliphatic heterocycles. The molecule has 1 aromatic carbocycles. The molecule has 2 aromatic rings. The van der Waals surface area contributed by atoms with Gasteiger partial charge in [-0.15, -0.1) is 0 Å². The Morgan fingerprint density at radius 3 is 2.72 bits per heavy atom. The number of aromatic nitrogens is 2. The minimum atomic E-state index is -0.261. The number of nitrogens with one attached hydrogen (secondary N) is 1. The van der Waals surface area contributed by atoms with Crippen LogP contribution in [-0.2, 0) is 4.74 Å². The van der Waals surface area contributed by atoms with E-state index in [9.17, 15) is 9.18 Å². The highest BCUT2D eigenvalue weighted by Crippen LogP contribution is 2.30. The Morgan fingerprint density at radius 2 is 2.08 bits per heavy atom. The molecule has 6 heteroatoms. The first-order valence-corrected chi connectivity index (χ1v) is 8.65. The van der Waals surface area contributed by atoms with Crippen LogP contribution in [0.15, 0.2) is 30.3 Å². The summed E-state index contributed by atoms with van der Waals surface area (Å²) in [5, 5.41) is 7.08. The van der Waals surface area contributed by atoms with Gasteiger partial charge >= 0.3 is 0 Å². The fourth-order valence-electron chi connectivity index (χ4n) is 3.13. The van der Waals surface area contributed by atoms with Crippen molar-refractivity contribution in [3.8, 4) is 0 Å². The van der Waals surface area contributed by atoms with Crippen LogP contribution in [0.1, 0.15) is 60.5 Å². The lowest BCUT2D eigenvalue weighted by Gasteiger charge is -2.35. The highest BCUT2D eigenvalue weighted by atomic mass is 19.1. The molecule has 1 aromatic heterocycles. The Balaban J connectivity index is 1.69. The van der Waals surface area contributed by atoms with E-state index in [0.717, 1.165) is 17.7 Å². The van der Waals surface area contributed by atoms with Crippen LogP contribution in [0.4, 0.5) is 4.39 Å². The Kier molecular flexibility index (Phi) is 5.18. The van der Waals surface area contributed by atoms with Gasteiger partial charge in [-0.2, -0.15) is 5.10 Å². The number of carbonyl (C=O) groups excluding carboxylic acids is 1. The van der Waals surface area contributed by atoms with E-state index in [2.05, 4.69) is 24.0 Å². The van der Waals surface area contributed by atoms with Crippen molar-refractivity contribution in [1.82, 2.24) is 15.1 Å². The molecule has 2 atom stereocenters. The summed E-state index contributed by atoms with van der Waals surface area (Å²) in [6.45, 7) is 4.68. The van der Waals surface area contributed by atoms with Crippen molar-refractivity contribution in [3.05, 3.63) is 53.1 Å². The summed E-state index contributed by atoms with van der Waals surface area (Å²) in [5.74, 6) is -0.0545. The predicted octanol–water partition coefficient (Wildman–Crippen LogP) is 3.66. The minimum Gasteiger partial charge on any atom is -0.373 e. The second-order valence-electron chi connectivity index (χ2n) is 6.87. The SMILES string of the molecule is CC(C)c1cc(C(=O)N(C)[C@@H]2CCO[C@@H](c3ccc(F)cc3)C2)n[nH]1. The van der Waals surface area contributed by atoms with Gasteiger partial charge in [0.05, 0.1) is 6.10 Å². The maximum atomic E-state index is 13.1. The van der Waals surface area contributed by atoms with E-state index in [1.807, 2.05) is 13.1 Å². The van der Waals surface area contributed by atoms with Crippen molar-refractivity contribution in [3.63, 3.8) is 0 Å². The Hall–Kier alpha value is -2.21. The van der Waals surface area contributed by atoms with Gasteiger partial charge in [0, 0.05) is 25.4 Å². The third kappa shape index (κ3) is 3.90. The lowest BCUT2D eigenvalue weighted by Crippen LogP contribution is -2.41. The fourth-order valence-corrected chi connectivity index (χ4v) is 3.13. The van der Waals surface area contributed by atoms with Crippen molar-refractivity contribution in [2.24, 2.45) is 0 Å². The average molecular weight is 345 g/mol. The van der Waals surface area contributed by atoms with E-state index >= 15 is 0 Å². The van der Waals surface area contributed by atoms with Crippen molar-refractivity contribution in [2.45, 2.75) is 44.8 Å². The molecule has 1 aliphatic rings. The molecule has 1 fully saturated rings. The average Bonchev–Trinajstić information content (AvgIpc) is 3.11. The third-order valence-electron chi connectivity index (χ3n) is 4.80. The van der Waals surface area contributed by atoms with Gasteiger partial charge < -0.3 is 9.64 Å². The van der Waals surface area contributed by atoms with Crippen molar-refractivity contribution < 1.29 is 13.9 Å². The van der Waals surface area contributed by atoms with Gasteiger partial charge in [0.15, 0.2) is 0 Å². The summed E-state index contributed by atoms with van der Waals surface area (Å²) in [6, 6.07) is 8.25. The van der Waals surface area contributed by atoms with Crippen LogP contribution < -0.4 is 0 Å². The van der Waals surface area contributed by atoms with Crippen LogP contribution in [0.25, 0.3) is 0 Å². The topological polar surface area (TPSA) is 58.2 Å². The maximum absolute atomic E-state index is 13.1. The molecule has 2 heterocycles. The smallest absolute Gasteiger partial charge is 0.274 e. The molecule has 0 unspecified atom stereocenters. The molecule has 0 spiro atoms. The van der Waals surface area contributed by atoms with Gasteiger partial charge in [-0.25, -0.2) is 4.39 Å².